The average Bonchev–Trinajstić information content (AvgIpc) is 2.47. The third-order valence-electron chi connectivity index (χ3n) is 2.73. The Labute approximate surface area is 116 Å². The van der Waals surface area contributed by atoms with Gasteiger partial charge in [0.05, 0.1) is 13.7 Å². The number of hydrogen-bond acceptors (Lipinski definition) is 4. The molecular weight excluding hydrogens is 260 g/mol. The third kappa shape index (κ3) is 3.07. The van der Waals surface area contributed by atoms with E-state index in [4.69, 9.17) is 19.7 Å². The second-order valence-electron chi connectivity index (χ2n) is 4.07. The number of carboxylic acids is 1. The van der Waals surface area contributed by atoms with Crippen LogP contribution in [0.4, 0.5) is 0 Å². The second-order valence-corrected chi connectivity index (χ2v) is 4.07. The highest BCUT2D eigenvalue weighted by Gasteiger charge is 2.13. The highest BCUT2D eigenvalue weighted by Crippen LogP contribution is 2.29. The Bertz CT molecular complexity index is 621. The van der Waals surface area contributed by atoms with Crippen LogP contribution in [-0.4, -0.2) is 23.3 Å². The van der Waals surface area contributed by atoms with Gasteiger partial charge < -0.3 is 19.7 Å². The van der Waals surface area contributed by atoms with Crippen LogP contribution < -0.4 is 9.47 Å². The van der Waals surface area contributed by atoms with Crippen LogP contribution in [0, 0.1) is 0 Å². The van der Waals surface area contributed by atoms with Crippen molar-refractivity contribution in [2.24, 2.45) is 0 Å². The van der Waals surface area contributed by atoms with Crippen molar-refractivity contribution in [1.82, 2.24) is 0 Å². The zero-order valence-electron chi connectivity index (χ0n) is 10.9. The molecular formula is C15H14O5. The van der Waals surface area contributed by atoms with Crippen LogP contribution in [-0.2, 0) is 6.61 Å². The lowest BCUT2D eigenvalue weighted by Crippen LogP contribution is -2.00. The number of rotatable bonds is 5. The monoisotopic (exact) mass is 274 g/mol. The Morgan fingerprint density at radius 2 is 1.95 bits per heavy atom. The number of aliphatic hydroxyl groups excluding tert-OH is 1. The zero-order valence-corrected chi connectivity index (χ0v) is 10.9. The van der Waals surface area contributed by atoms with E-state index in [0.717, 1.165) is 0 Å². The molecule has 2 rings (SSSR count). The molecule has 0 saturated carbocycles. The van der Waals surface area contributed by atoms with Crippen molar-refractivity contribution in [2.75, 3.05) is 7.11 Å². The SMILES string of the molecule is COc1ccc(C(=O)O)c(Oc2cccc(CO)c2)c1. The van der Waals surface area contributed by atoms with Gasteiger partial charge in [0.15, 0.2) is 0 Å². The number of benzene rings is 2. The predicted octanol–water partition coefficient (Wildman–Crippen LogP) is 2.68. The van der Waals surface area contributed by atoms with Gasteiger partial charge in [-0.25, -0.2) is 4.79 Å². The molecule has 0 heterocycles. The molecule has 2 aromatic rings. The van der Waals surface area contributed by atoms with Gasteiger partial charge in [-0.2, -0.15) is 0 Å². The van der Waals surface area contributed by atoms with E-state index in [1.807, 2.05) is 0 Å². The van der Waals surface area contributed by atoms with Gasteiger partial charge in [-0.1, -0.05) is 12.1 Å². The number of aliphatic hydroxyl groups is 1. The lowest BCUT2D eigenvalue weighted by atomic mass is 10.2. The molecule has 104 valence electrons. The Kier molecular flexibility index (Phi) is 4.22. The van der Waals surface area contributed by atoms with Crippen LogP contribution in [0.5, 0.6) is 17.2 Å². The second kappa shape index (κ2) is 6.08. The van der Waals surface area contributed by atoms with Crippen LogP contribution in [0.25, 0.3) is 0 Å². The van der Waals surface area contributed by atoms with Crippen LogP contribution >= 0.6 is 0 Å². The summed E-state index contributed by atoms with van der Waals surface area (Å²) in [7, 11) is 1.49. The first kappa shape index (κ1) is 13.9. The first-order valence-electron chi connectivity index (χ1n) is 5.93. The summed E-state index contributed by atoms with van der Waals surface area (Å²) in [6, 6.07) is 11.3. The molecule has 0 unspecified atom stereocenters. The van der Waals surface area contributed by atoms with E-state index in [-0.39, 0.29) is 17.9 Å². The van der Waals surface area contributed by atoms with Gasteiger partial charge in [0.2, 0.25) is 0 Å². The molecule has 0 atom stereocenters. The molecule has 0 spiro atoms. The van der Waals surface area contributed by atoms with Gasteiger partial charge in [-0.15, -0.1) is 0 Å². The summed E-state index contributed by atoms with van der Waals surface area (Å²) in [5.74, 6) is 0.0588. The first-order valence-corrected chi connectivity index (χ1v) is 5.93. The largest absolute Gasteiger partial charge is 0.497 e. The van der Waals surface area contributed by atoms with Crippen LogP contribution in [0.15, 0.2) is 42.5 Å². The maximum Gasteiger partial charge on any atom is 0.339 e. The van der Waals surface area contributed by atoms with E-state index in [0.29, 0.717) is 17.1 Å². The first-order chi connectivity index (χ1) is 9.63. The van der Waals surface area contributed by atoms with Gasteiger partial charge in [0, 0.05) is 6.07 Å². The molecule has 20 heavy (non-hydrogen) atoms. The zero-order chi connectivity index (χ0) is 14.5. The van der Waals surface area contributed by atoms with Gasteiger partial charge in [-0.05, 0) is 29.8 Å². The Balaban J connectivity index is 2.37. The van der Waals surface area contributed by atoms with Crippen molar-refractivity contribution in [3.63, 3.8) is 0 Å². The van der Waals surface area contributed by atoms with Crippen molar-refractivity contribution >= 4 is 5.97 Å². The fourth-order valence-corrected chi connectivity index (χ4v) is 1.73. The Hall–Kier alpha value is -2.53. The lowest BCUT2D eigenvalue weighted by Gasteiger charge is -2.11. The highest BCUT2D eigenvalue weighted by molar-refractivity contribution is 5.91. The molecule has 2 aromatic carbocycles. The van der Waals surface area contributed by atoms with E-state index >= 15 is 0 Å². The summed E-state index contributed by atoms with van der Waals surface area (Å²) in [4.78, 5) is 11.2. The lowest BCUT2D eigenvalue weighted by molar-refractivity contribution is 0.0694. The predicted molar refractivity (Wildman–Crippen MR) is 72.4 cm³/mol. The molecule has 0 fully saturated rings. The Morgan fingerprint density at radius 1 is 1.15 bits per heavy atom. The third-order valence-corrected chi connectivity index (χ3v) is 2.73. The molecule has 0 aliphatic rings. The van der Waals surface area contributed by atoms with E-state index < -0.39 is 5.97 Å². The number of hydrogen-bond donors (Lipinski definition) is 2. The molecule has 2 N–H and O–H groups in total. The normalized spacial score (nSPS) is 10.1. The van der Waals surface area contributed by atoms with Gasteiger partial charge in [0.1, 0.15) is 22.8 Å². The van der Waals surface area contributed by atoms with Crippen molar-refractivity contribution in [3.05, 3.63) is 53.6 Å². The number of aromatic carboxylic acids is 1. The van der Waals surface area contributed by atoms with Crippen LogP contribution in [0.2, 0.25) is 0 Å². The van der Waals surface area contributed by atoms with Gasteiger partial charge in [0.25, 0.3) is 0 Å². The standard InChI is InChI=1S/C15H14O5/c1-19-11-5-6-13(15(17)18)14(8-11)20-12-4-2-3-10(7-12)9-16/h2-8,16H,9H2,1H3,(H,17,18). The number of methoxy groups -OCH3 is 1. The van der Waals surface area contributed by atoms with Gasteiger partial charge >= 0.3 is 5.97 Å². The highest BCUT2D eigenvalue weighted by atomic mass is 16.5. The minimum absolute atomic E-state index is 0.0419. The average molecular weight is 274 g/mol. The summed E-state index contributed by atoms with van der Waals surface area (Å²) < 4.78 is 10.6. The fourth-order valence-electron chi connectivity index (χ4n) is 1.73. The van der Waals surface area contributed by atoms with Crippen LogP contribution in [0.1, 0.15) is 15.9 Å². The van der Waals surface area contributed by atoms with Crippen molar-refractivity contribution < 1.29 is 24.5 Å². The topological polar surface area (TPSA) is 76.0 Å². The minimum Gasteiger partial charge on any atom is -0.497 e. The molecule has 0 radical (unpaired) electrons. The molecule has 5 nitrogen and oxygen atoms in total. The van der Waals surface area contributed by atoms with Crippen LogP contribution in [0.3, 0.4) is 0 Å². The van der Waals surface area contributed by atoms with Crippen molar-refractivity contribution in [2.45, 2.75) is 6.61 Å². The molecule has 0 bridgehead atoms. The quantitative estimate of drug-likeness (QED) is 0.876. The van der Waals surface area contributed by atoms with Gasteiger partial charge in [-0.3, -0.25) is 0 Å². The summed E-state index contributed by atoms with van der Waals surface area (Å²) in [5, 5.41) is 18.2. The minimum atomic E-state index is -1.08. The van der Waals surface area contributed by atoms with Crippen molar-refractivity contribution in [1.29, 1.82) is 0 Å². The molecule has 0 amide bonds. The maximum absolute atomic E-state index is 11.2. The van der Waals surface area contributed by atoms with E-state index in [1.165, 1.54) is 19.2 Å². The smallest absolute Gasteiger partial charge is 0.339 e. The molecule has 5 heteroatoms. The molecule has 0 aromatic heterocycles. The van der Waals surface area contributed by atoms with Crippen molar-refractivity contribution in [3.8, 4) is 17.2 Å². The molecule has 0 aliphatic heterocycles. The maximum atomic E-state index is 11.2. The summed E-state index contributed by atoms with van der Waals surface area (Å²) in [6.45, 7) is -0.110. The molecule has 0 aliphatic carbocycles. The Morgan fingerprint density at radius 3 is 2.60 bits per heavy atom. The number of ether oxygens (including phenoxy) is 2. The number of carbonyl (C=O) groups is 1. The summed E-state index contributed by atoms with van der Waals surface area (Å²) in [5.41, 5.74) is 0.725. The number of carboxylic acid groups (broad SMARTS) is 1. The van der Waals surface area contributed by atoms with E-state index in [1.54, 1.807) is 30.3 Å². The molecule has 0 saturated heterocycles. The summed E-state index contributed by atoms with van der Waals surface area (Å²) in [6.07, 6.45) is 0. The van der Waals surface area contributed by atoms with E-state index in [2.05, 4.69) is 0 Å². The fraction of sp³-hybridized carbons (Fsp3) is 0.133. The van der Waals surface area contributed by atoms with E-state index in [9.17, 15) is 4.79 Å². The summed E-state index contributed by atoms with van der Waals surface area (Å²) >= 11 is 0.